The summed E-state index contributed by atoms with van der Waals surface area (Å²) >= 11 is 0. The Kier molecular flexibility index (Phi) is 2.69. The van der Waals surface area contributed by atoms with E-state index in [-0.39, 0.29) is 5.63 Å². The Bertz CT molecular complexity index is 295. The molecular weight excluding hydrogens is 152 g/mol. The van der Waals surface area contributed by atoms with Crippen LogP contribution >= 0.6 is 0 Å². The molecule has 0 saturated heterocycles. The number of hydrogen-bond donors (Lipinski definition) is 0. The highest BCUT2D eigenvalue weighted by Crippen LogP contribution is 2.11. The Morgan fingerprint density at radius 3 is 2.50 bits per heavy atom. The predicted octanol–water partition coefficient (Wildman–Crippen LogP) is 2.07. The maximum Gasteiger partial charge on any atom is 0.336 e. The molecule has 0 N–H and O–H groups in total. The molecule has 0 spiro atoms. The van der Waals surface area contributed by atoms with Crippen LogP contribution in [0.2, 0.25) is 0 Å². The number of hydrogen-bond acceptors (Lipinski definition) is 2. The summed E-state index contributed by atoms with van der Waals surface area (Å²) in [6.45, 7) is 6.03. The van der Waals surface area contributed by atoms with Crippen molar-refractivity contribution in [3.63, 3.8) is 0 Å². The average molecular weight is 166 g/mol. The van der Waals surface area contributed by atoms with Crippen LogP contribution in [0, 0.1) is 6.92 Å². The second kappa shape index (κ2) is 3.57. The fourth-order valence-corrected chi connectivity index (χ4v) is 1.36. The lowest BCUT2D eigenvalue weighted by atomic mass is 10.1. The predicted molar refractivity (Wildman–Crippen MR) is 48.5 cm³/mol. The zero-order valence-electron chi connectivity index (χ0n) is 7.81. The van der Waals surface area contributed by atoms with E-state index in [2.05, 4.69) is 0 Å². The van der Waals surface area contributed by atoms with Crippen molar-refractivity contribution in [3.8, 4) is 0 Å². The smallest absolute Gasteiger partial charge is 0.336 e. The average Bonchev–Trinajstić information content (AvgIpc) is 2.08. The molecule has 1 aromatic rings. The van der Waals surface area contributed by atoms with Crippen molar-refractivity contribution in [2.45, 2.75) is 33.6 Å². The molecule has 0 unspecified atom stereocenters. The minimum atomic E-state index is -0.227. The lowest BCUT2D eigenvalue weighted by Gasteiger charge is -2.04. The van der Waals surface area contributed by atoms with Crippen LogP contribution in [0.25, 0.3) is 0 Å². The summed E-state index contributed by atoms with van der Waals surface area (Å²) in [5, 5.41) is 0. The van der Waals surface area contributed by atoms with Gasteiger partial charge >= 0.3 is 5.63 Å². The van der Waals surface area contributed by atoms with E-state index in [1.54, 1.807) is 6.07 Å². The van der Waals surface area contributed by atoms with Gasteiger partial charge in [0.05, 0.1) is 0 Å². The summed E-state index contributed by atoms with van der Waals surface area (Å²) in [7, 11) is 0. The topological polar surface area (TPSA) is 30.2 Å². The van der Waals surface area contributed by atoms with Crippen LogP contribution in [0.3, 0.4) is 0 Å². The molecule has 0 amide bonds. The van der Waals surface area contributed by atoms with Gasteiger partial charge in [0.1, 0.15) is 5.76 Å². The first-order chi connectivity index (χ1) is 5.69. The quantitative estimate of drug-likeness (QED) is 0.673. The molecule has 0 aromatic carbocycles. The summed E-state index contributed by atoms with van der Waals surface area (Å²) in [6, 6.07) is 1.58. The minimum absolute atomic E-state index is 0.227. The van der Waals surface area contributed by atoms with Gasteiger partial charge < -0.3 is 4.42 Å². The Morgan fingerprint density at radius 1 is 1.33 bits per heavy atom. The van der Waals surface area contributed by atoms with E-state index in [0.717, 1.165) is 29.7 Å². The van der Waals surface area contributed by atoms with Gasteiger partial charge in [-0.05, 0) is 24.5 Å². The van der Waals surface area contributed by atoms with Gasteiger partial charge in [0.25, 0.3) is 0 Å². The zero-order chi connectivity index (χ0) is 9.14. The van der Waals surface area contributed by atoms with Crippen LogP contribution in [0.15, 0.2) is 15.3 Å². The first-order valence-corrected chi connectivity index (χ1v) is 4.31. The normalized spacial score (nSPS) is 10.2. The molecule has 0 saturated carbocycles. The largest absolute Gasteiger partial charge is 0.428 e. The first kappa shape index (κ1) is 9.04. The fourth-order valence-electron chi connectivity index (χ4n) is 1.36. The standard InChI is InChI=1S/C10H14O2/c1-4-8-6-10(11)12-9(5-2)7(8)3/h6H,4-5H2,1-3H3. The molecule has 0 radical (unpaired) electrons. The molecule has 1 aromatic heterocycles. The van der Waals surface area contributed by atoms with Crippen LogP contribution in [0.5, 0.6) is 0 Å². The molecule has 66 valence electrons. The Morgan fingerprint density at radius 2 is 2.00 bits per heavy atom. The van der Waals surface area contributed by atoms with Crippen LogP contribution in [0.1, 0.15) is 30.7 Å². The van der Waals surface area contributed by atoms with E-state index in [0.29, 0.717) is 0 Å². The van der Waals surface area contributed by atoms with Gasteiger partial charge in [-0.15, -0.1) is 0 Å². The minimum Gasteiger partial charge on any atom is -0.428 e. The molecule has 2 heteroatoms. The van der Waals surface area contributed by atoms with Crippen molar-refractivity contribution in [2.75, 3.05) is 0 Å². The zero-order valence-corrected chi connectivity index (χ0v) is 7.81. The first-order valence-electron chi connectivity index (χ1n) is 4.31. The van der Waals surface area contributed by atoms with E-state index in [1.165, 1.54) is 0 Å². The molecule has 0 fully saturated rings. The second-order valence-electron chi connectivity index (χ2n) is 2.85. The van der Waals surface area contributed by atoms with Crippen molar-refractivity contribution in [1.29, 1.82) is 0 Å². The van der Waals surface area contributed by atoms with Gasteiger partial charge in [-0.1, -0.05) is 13.8 Å². The Balaban J connectivity index is 3.32. The summed E-state index contributed by atoms with van der Waals surface area (Å²) < 4.78 is 5.04. The molecule has 0 aliphatic carbocycles. The Labute approximate surface area is 72.2 Å². The van der Waals surface area contributed by atoms with E-state index in [9.17, 15) is 4.79 Å². The molecule has 1 rings (SSSR count). The van der Waals surface area contributed by atoms with Gasteiger partial charge in [0.2, 0.25) is 0 Å². The lowest BCUT2D eigenvalue weighted by Crippen LogP contribution is -2.05. The molecule has 0 aliphatic heterocycles. The summed E-state index contributed by atoms with van der Waals surface area (Å²) in [6.07, 6.45) is 1.68. The van der Waals surface area contributed by atoms with Crippen molar-refractivity contribution >= 4 is 0 Å². The molecule has 0 bridgehead atoms. The van der Waals surface area contributed by atoms with Gasteiger partial charge in [-0.25, -0.2) is 4.79 Å². The molecular formula is C10H14O2. The third-order valence-electron chi connectivity index (χ3n) is 2.12. The fraction of sp³-hybridized carbons (Fsp3) is 0.500. The summed E-state index contributed by atoms with van der Waals surface area (Å²) in [4.78, 5) is 11.0. The number of rotatable bonds is 2. The van der Waals surface area contributed by atoms with E-state index < -0.39 is 0 Å². The van der Waals surface area contributed by atoms with Gasteiger partial charge in [0, 0.05) is 12.5 Å². The van der Waals surface area contributed by atoms with Crippen LogP contribution in [0.4, 0.5) is 0 Å². The van der Waals surface area contributed by atoms with E-state index in [1.807, 2.05) is 20.8 Å². The molecule has 0 atom stereocenters. The maximum atomic E-state index is 11.0. The van der Waals surface area contributed by atoms with Crippen LogP contribution in [-0.4, -0.2) is 0 Å². The number of aryl methyl sites for hydroxylation is 2. The third kappa shape index (κ3) is 1.58. The van der Waals surface area contributed by atoms with Crippen LogP contribution < -0.4 is 5.63 Å². The van der Waals surface area contributed by atoms with Gasteiger partial charge in [-0.2, -0.15) is 0 Å². The SMILES string of the molecule is CCc1cc(=O)oc(CC)c1C. The van der Waals surface area contributed by atoms with Crippen molar-refractivity contribution < 1.29 is 4.42 Å². The molecule has 12 heavy (non-hydrogen) atoms. The second-order valence-corrected chi connectivity index (χ2v) is 2.85. The summed E-state index contributed by atoms with van der Waals surface area (Å²) in [5.74, 6) is 0.819. The lowest BCUT2D eigenvalue weighted by molar-refractivity contribution is 0.457. The van der Waals surface area contributed by atoms with Crippen LogP contribution in [-0.2, 0) is 12.8 Å². The van der Waals surface area contributed by atoms with Crippen molar-refractivity contribution in [1.82, 2.24) is 0 Å². The highest BCUT2D eigenvalue weighted by atomic mass is 16.4. The molecule has 1 heterocycles. The van der Waals surface area contributed by atoms with Gasteiger partial charge in [0.15, 0.2) is 0 Å². The highest BCUT2D eigenvalue weighted by molar-refractivity contribution is 5.26. The van der Waals surface area contributed by atoms with E-state index in [4.69, 9.17) is 4.42 Å². The molecule has 0 aliphatic rings. The van der Waals surface area contributed by atoms with Crippen molar-refractivity contribution in [2.24, 2.45) is 0 Å². The third-order valence-corrected chi connectivity index (χ3v) is 2.12. The van der Waals surface area contributed by atoms with Crippen molar-refractivity contribution in [3.05, 3.63) is 33.4 Å². The maximum absolute atomic E-state index is 11.0. The van der Waals surface area contributed by atoms with E-state index >= 15 is 0 Å². The van der Waals surface area contributed by atoms with Gasteiger partial charge in [-0.3, -0.25) is 0 Å². The molecule has 2 nitrogen and oxygen atoms in total. The summed E-state index contributed by atoms with van der Waals surface area (Å²) in [5.41, 5.74) is 2.00. The Hall–Kier alpha value is -1.05. The monoisotopic (exact) mass is 166 g/mol. The highest BCUT2D eigenvalue weighted by Gasteiger charge is 2.04.